The van der Waals surface area contributed by atoms with Crippen LogP contribution < -0.4 is 0 Å². The van der Waals surface area contributed by atoms with Crippen LogP contribution in [-0.4, -0.2) is 56.9 Å². The molecule has 8 nitrogen and oxygen atoms in total. The zero-order valence-electron chi connectivity index (χ0n) is 16.1. The van der Waals surface area contributed by atoms with Crippen molar-refractivity contribution in [1.82, 2.24) is 4.90 Å². The predicted molar refractivity (Wildman–Crippen MR) is 105 cm³/mol. The number of hydrogen-bond donors (Lipinski definition) is 4. The molecule has 2 aromatic carbocycles. The quantitative estimate of drug-likeness (QED) is 0.318. The van der Waals surface area contributed by atoms with Crippen molar-refractivity contribution >= 4 is 18.0 Å². The van der Waals surface area contributed by atoms with E-state index in [2.05, 4.69) is 0 Å². The smallest absolute Gasteiger partial charge is 0.329 e. The molecule has 154 valence electrons. The van der Waals surface area contributed by atoms with Gasteiger partial charge in [0.1, 0.15) is 6.04 Å². The first kappa shape index (κ1) is 21.6. The van der Waals surface area contributed by atoms with Gasteiger partial charge in [-0.05, 0) is 48.4 Å². The zero-order valence-corrected chi connectivity index (χ0v) is 16.1. The Morgan fingerprint density at radius 2 is 1.62 bits per heavy atom. The van der Waals surface area contributed by atoms with E-state index in [4.69, 9.17) is 4.74 Å². The van der Waals surface area contributed by atoms with Gasteiger partial charge in [0.2, 0.25) is 5.91 Å². The van der Waals surface area contributed by atoms with Crippen LogP contribution in [0, 0.1) is 0 Å². The molecule has 0 fully saturated rings. The highest BCUT2D eigenvalue weighted by Gasteiger charge is 2.27. The van der Waals surface area contributed by atoms with Gasteiger partial charge in [-0.25, -0.2) is 4.79 Å². The Balaban J connectivity index is 2.20. The normalized spacial score (nSPS) is 11.9. The van der Waals surface area contributed by atoms with Crippen LogP contribution >= 0.6 is 0 Å². The summed E-state index contributed by atoms with van der Waals surface area (Å²) in [6.45, 7) is 1.79. The number of rotatable bonds is 7. The molecule has 0 aliphatic heterocycles. The van der Waals surface area contributed by atoms with Gasteiger partial charge in [-0.1, -0.05) is 12.1 Å². The van der Waals surface area contributed by atoms with Crippen molar-refractivity contribution < 1.29 is 34.8 Å². The number of aromatic hydroxyl groups is 4. The van der Waals surface area contributed by atoms with Crippen molar-refractivity contribution in [3.63, 3.8) is 0 Å². The molecule has 0 unspecified atom stereocenters. The molecule has 1 amide bonds. The Morgan fingerprint density at radius 1 is 1.00 bits per heavy atom. The van der Waals surface area contributed by atoms with Crippen LogP contribution in [0.25, 0.3) is 6.08 Å². The van der Waals surface area contributed by atoms with Crippen LogP contribution in [0.5, 0.6) is 23.0 Å². The third kappa shape index (κ3) is 5.65. The van der Waals surface area contributed by atoms with Crippen LogP contribution in [0.4, 0.5) is 0 Å². The van der Waals surface area contributed by atoms with E-state index in [1.54, 1.807) is 6.92 Å². The van der Waals surface area contributed by atoms with E-state index in [0.717, 1.165) is 0 Å². The van der Waals surface area contributed by atoms with Gasteiger partial charge in [0.15, 0.2) is 23.0 Å². The van der Waals surface area contributed by atoms with Gasteiger partial charge in [-0.15, -0.1) is 0 Å². The molecule has 0 aliphatic carbocycles. The lowest BCUT2D eigenvalue weighted by molar-refractivity contribution is -0.152. The SMILES string of the molecule is CCOC(=O)[C@H](Cc1ccc(O)c(O)c1)N(C)C(=O)/C=C/c1ccc(O)c(O)c1. The number of likely N-dealkylation sites (N-methyl/N-ethyl adjacent to an activating group) is 1. The van der Waals surface area contributed by atoms with Gasteiger partial charge < -0.3 is 30.1 Å². The number of phenolic OH excluding ortho intramolecular Hbond substituents is 4. The summed E-state index contributed by atoms with van der Waals surface area (Å²) in [6.07, 6.45) is 2.74. The second kappa shape index (κ2) is 9.50. The zero-order chi connectivity index (χ0) is 21.6. The molecule has 1 atom stereocenters. The molecule has 0 saturated carbocycles. The van der Waals surface area contributed by atoms with Crippen LogP contribution in [0.1, 0.15) is 18.1 Å². The number of esters is 1. The number of hydrogen-bond acceptors (Lipinski definition) is 7. The molecule has 0 spiro atoms. The largest absolute Gasteiger partial charge is 0.504 e. The third-order valence-electron chi connectivity index (χ3n) is 4.26. The van der Waals surface area contributed by atoms with E-state index < -0.39 is 17.9 Å². The highest BCUT2D eigenvalue weighted by Crippen LogP contribution is 2.27. The summed E-state index contributed by atoms with van der Waals surface area (Å²) in [7, 11) is 1.45. The fourth-order valence-electron chi connectivity index (χ4n) is 2.62. The van der Waals surface area contributed by atoms with E-state index in [9.17, 15) is 30.0 Å². The van der Waals surface area contributed by atoms with Crippen molar-refractivity contribution in [1.29, 1.82) is 0 Å². The Kier molecular flexibility index (Phi) is 7.08. The molecule has 0 heterocycles. The summed E-state index contributed by atoms with van der Waals surface area (Å²) < 4.78 is 5.06. The summed E-state index contributed by atoms with van der Waals surface area (Å²) in [5, 5.41) is 38.0. The maximum Gasteiger partial charge on any atom is 0.329 e. The molecule has 0 radical (unpaired) electrons. The lowest BCUT2D eigenvalue weighted by Gasteiger charge is -2.25. The number of nitrogens with zero attached hydrogens (tertiary/aromatic N) is 1. The standard InChI is InChI=1S/C21H23NO7/c1-3-29-21(28)15(10-14-5-8-17(24)19(26)12-14)22(2)20(27)9-6-13-4-7-16(23)18(25)11-13/h4-9,11-12,15,23-26H,3,10H2,1-2H3/b9-6+/t15-/m0/s1. The van der Waals surface area contributed by atoms with Gasteiger partial charge in [0, 0.05) is 19.5 Å². The van der Waals surface area contributed by atoms with Crippen molar-refractivity contribution in [3.8, 4) is 23.0 Å². The maximum atomic E-state index is 12.6. The van der Waals surface area contributed by atoms with Gasteiger partial charge in [0.25, 0.3) is 0 Å². The fourth-order valence-corrected chi connectivity index (χ4v) is 2.62. The Hall–Kier alpha value is -3.68. The summed E-state index contributed by atoms with van der Waals surface area (Å²) in [6, 6.07) is 7.30. The molecule has 4 N–H and O–H groups in total. The van der Waals surface area contributed by atoms with E-state index in [0.29, 0.717) is 11.1 Å². The van der Waals surface area contributed by atoms with Crippen LogP contribution in [0.2, 0.25) is 0 Å². The number of phenols is 4. The van der Waals surface area contributed by atoms with Crippen LogP contribution in [0.15, 0.2) is 42.5 Å². The molecular formula is C21H23NO7. The first-order chi connectivity index (χ1) is 13.7. The van der Waals surface area contributed by atoms with Crippen LogP contribution in [0.3, 0.4) is 0 Å². The summed E-state index contributed by atoms with van der Waals surface area (Å²) in [5.74, 6) is -2.29. The van der Waals surface area contributed by atoms with Gasteiger partial charge in [-0.3, -0.25) is 4.79 Å². The molecule has 2 rings (SSSR count). The highest BCUT2D eigenvalue weighted by atomic mass is 16.5. The van der Waals surface area contributed by atoms with E-state index >= 15 is 0 Å². The predicted octanol–water partition coefficient (Wildman–Crippen LogP) is 2.16. The Morgan fingerprint density at radius 3 is 2.21 bits per heavy atom. The minimum Gasteiger partial charge on any atom is -0.504 e. The Bertz CT molecular complexity index is 923. The molecular weight excluding hydrogens is 378 g/mol. The summed E-state index contributed by atoms with van der Waals surface area (Å²) in [4.78, 5) is 26.2. The topological polar surface area (TPSA) is 128 Å². The lowest BCUT2D eigenvalue weighted by atomic mass is 10.0. The lowest BCUT2D eigenvalue weighted by Crippen LogP contribution is -2.44. The fraction of sp³-hybridized carbons (Fsp3) is 0.238. The number of carbonyl (C=O) groups excluding carboxylic acids is 2. The van der Waals surface area contributed by atoms with Crippen LogP contribution in [-0.2, 0) is 20.7 Å². The van der Waals surface area contributed by atoms with E-state index in [1.807, 2.05) is 0 Å². The number of amides is 1. The number of benzene rings is 2. The van der Waals surface area contributed by atoms with E-state index in [-0.39, 0.29) is 36.0 Å². The third-order valence-corrected chi connectivity index (χ3v) is 4.26. The van der Waals surface area contributed by atoms with Crippen molar-refractivity contribution in [3.05, 3.63) is 53.6 Å². The van der Waals surface area contributed by atoms with E-state index in [1.165, 1.54) is 60.5 Å². The minimum atomic E-state index is -0.954. The summed E-state index contributed by atoms with van der Waals surface area (Å²) >= 11 is 0. The van der Waals surface area contributed by atoms with Crippen molar-refractivity contribution in [2.45, 2.75) is 19.4 Å². The highest BCUT2D eigenvalue weighted by molar-refractivity contribution is 5.94. The first-order valence-electron chi connectivity index (χ1n) is 8.87. The molecule has 0 bridgehead atoms. The van der Waals surface area contributed by atoms with Crippen molar-refractivity contribution in [2.75, 3.05) is 13.7 Å². The summed E-state index contributed by atoms with van der Waals surface area (Å²) in [5.41, 5.74) is 1.02. The second-order valence-corrected chi connectivity index (χ2v) is 6.33. The van der Waals surface area contributed by atoms with Gasteiger partial charge in [-0.2, -0.15) is 0 Å². The molecule has 29 heavy (non-hydrogen) atoms. The van der Waals surface area contributed by atoms with Gasteiger partial charge in [0.05, 0.1) is 6.61 Å². The van der Waals surface area contributed by atoms with Gasteiger partial charge >= 0.3 is 5.97 Å². The minimum absolute atomic E-state index is 0.0722. The van der Waals surface area contributed by atoms with Crippen molar-refractivity contribution in [2.24, 2.45) is 0 Å². The monoisotopic (exact) mass is 401 g/mol. The molecule has 0 aliphatic rings. The Labute approximate surface area is 167 Å². The number of carbonyl (C=O) groups is 2. The average Bonchev–Trinajstić information content (AvgIpc) is 2.69. The maximum absolute atomic E-state index is 12.6. The number of ether oxygens (including phenoxy) is 1. The molecule has 0 aromatic heterocycles. The molecule has 8 heteroatoms. The molecule has 0 saturated heterocycles. The first-order valence-corrected chi connectivity index (χ1v) is 8.87. The second-order valence-electron chi connectivity index (χ2n) is 6.33. The molecule has 2 aromatic rings. The average molecular weight is 401 g/mol.